The zero-order valence-electron chi connectivity index (χ0n) is 18.4. The van der Waals surface area contributed by atoms with Crippen LogP contribution < -0.4 is 9.47 Å². The number of carbonyl (C=O) groups excluding carboxylic acids is 2. The maximum Gasteiger partial charge on any atom is 0.336 e. The van der Waals surface area contributed by atoms with Crippen LogP contribution in [0.3, 0.4) is 0 Å². The van der Waals surface area contributed by atoms with Crippen LogP contribution in [0.2, 0.25) is 0 Å². The lowest BCUT2D eigenvalue weighted by atomic mass is 10.1. The first-order valence-corrected chi connectivity index (χ1v) is 11.3. The summed E-state index contributed by atoms with van der Waals surface area (Å²) in [5.41, 5.74) is 0.606. The van der Waals surface area contributed by atoms with E-state index in [1.165, 1.54) is 0 Å². The van der Waals surface area contributed by atoms with Gasteiger partial charge in [-0.1, -0.05) is 0 Å². The summed E-state index contributed by atoms with van der Waals surface area (Å²) in [6.45, 7) is 11.2. The molecule has 3 aliphatic rings. The number of hydrogen-bond acceptors (Lipinski definition) is 8. The Morgan fingerprint density at radius 3 is 2.65 bits per heavy atom. The molecule has 0 bridgehead atoms. The van der Waals surface area contributed by atoms with Crippen molar-refractivity contribution in [3.8, 4) is 11.6 Å². The zero-order valence-corrected chi connectivity index (χ0v) is 18.4. The lowest BCUT2D eigenvalue weighted by Gasteiger charge is -2.36. The number of nitrogens with zero attached hydrogens (tertiary/aromatic N) is 4. The standard InChI is InChI=1S/C22H32N4O5/c1-16(2)25-13-11-24(12-14-25)9-3-4-15-29-22-21-20-17(6-5-10-26(20)23-22)30-18(27)7-8-19(28)31-21/h7-8,16-17H,3-6,9-15H2,1-2H3/b8-7-. The first-order chi connectivity index (χ1) is 15.0. The summed E-state index contributed by atoms with van der Waals surface area (Å²) >= 11 is 0. The van der Waals surface area contributed by atoms with E-state index in [0.29, 0.717) is 37.2 Å². The van der Waals surface area contributed by atoms with Gasteiger partial charge in [0.1, 0.15) is 11.8 Å². The molecule has 9 nitrogen and oxygen atoms in total. The average Bonchev–Trinajstić information content (AvgIpc) is 3.12. The Balaban J connectivity index is 1.31. The Morgan fingerprint density at radius 2 is 1.87 bits per heavy atom. The lowest BCUT2D eigenvalue weighted by Crippen LogP contribution is -2.48. The lowest BCUT2D eigenvalue weighted by molar-refractivity contribution is -0.144. The molecule has 3 aliphatic heterocycles. The smallest absolute Gasteiger partial charge is 0.336 e. The molecule has 0 amide bonds. The minimum atomic E-state index is -0.635. The van der Waals surface area contributed by atoms with E-state index in [4.69, 9.17) is 14.2 Å². The van der Waals surface area contributed by atoms with Crippen LogP contribution in [0, 0.1) is 0 Å². The summed E-state index contributed by atoms with van der Waals surface area (Å²) in [4.78, 5) is 29.0. The largest absolute Gasteiger partial charge is 0.474 e. The quantitative estimate of drug-likeness (QED) is 0.477. The summed E-state index contributed by atoms with van der Waals surface area (Å²) in [7, 11) is 0. The molecule has 9 heteroatoms. The molecule has 0 N–H and O–H groups in total. The van der Waals surface area contributed by atoms with E-state index >= 15 is 0 Å². The fourth-order valence-electron chi connectivity index (χ4n) is 4.35. The zero-order chi connectivity index (χ0) is 21.8. The van der Waals surface area contributed by atoms with Gasteiger partial charge in [0.15, 0.2) is 0 Å². The fourth-order valence-corrected chi connectivity index (χ4v) is 4.35. The molecule has 0 spiro atoms. The third-order valence-corrected chi connectivity index (χ3v) is 6.12. The predicted molar refractivity (Wildman–Crippen MR) is 113 cm³/mol. The van der Waals surface area contributed by atoms with Gasteiger partial charge in [-0.05, 0) is 46.1 Å². The first kappa shape index (κ1) is 21.8. The van der Waals surface area contributed by atoms with Gasteiger partial charge in [0.25, 0.3) is 5.88 Å². The van der Waals surface area contributed by atoms with Gasteiger partial charge < -0.3 is 19.1 Å². The molecule has 0 radical (unpaired) electrons. The highest BCUT2D eigenvalue weighted by Crippen LogP contribution is 2.41. The Kier molecular flexibility index (Phi) is 6.92. The van der Waals surface area contributed by atoms with Crippen molar-refractivity contribution < 1.29 is 23.8 Å². The predicted octanol–water partition coefficient (Wildman–Crippen LogP) is 1.92. The van der Waals surface area contributed by atoms with Crippen LogP contribution in [-0.4, -0.2) is 76.9 Å². The van der Waals surface area contributed by atoms with Crippen molar-refractivity contribution in [3.05, 3.63) is 17.8 Å². The molecular formula is C22H32N4O5. The van der Waals surface area contributed by atoms with Gasteiger partial charge in [-0.2, -0.15) is 0 Å². The van der Waals surface area contributed by atoms with E-state index in [1.54, 1.807) is 4.68 Å². The summed E-state index contributed by atoms with van der Waals surface area (Å²) in [6.07, 6.45) is 5.11. The summed E-state index contributed by atoms with van der Waals surface area (Å²) in [6, 6.07) is 0.614. The van der Waals surface area contributed by atoms with E-state index in [2.05, 4.69) is 28.7 Å². The van der Waals surface area contributed by atoms with E-state index in [1.807, 2.05) is 0 Å². The number of aromatic nitrogens is 2. The van der Waals surface area contributed by atoms with Crippen LogP contribution in [0.5, 0.6) is 11.6 Å². The van der Waals surface area contributed by atoms with Crippen LogP contribution in [0.4, 0.5) is 0 Å². The van der Waals surface area contributed by atoms with Crippen LogP contribution in [-0.2, 0) is 20.9 Å². The summed E-state index contributed by atoms with van der Waals surface area (Å²) in [5.74, 6) is -0.614. The van der Waals surface area contributed by atoms with E-state index in [-0.39, 0.29) is 5.75 Å². The number of ether oxygens (including phenoxy) is 3. The molecule has 1 atom stereocenters. The Morgan fingerprint density at radius 1 is 1.10 bits per heavy atom. The molecule has 1 aromatic heterocycles. The highest BCUT2D eigenvalue weighted by atomic mass is 16.6. The van der Waals surface area contributed by atoms with Crippen molar-refractivity contribution >= 4 is 11.9 Å². The summed E-state index contributed by atoms with van der Waals surface area (Å²) in [5, 5.41) is 4.48. The highest BCUT2D eigenvalue weighted by Gasteiger charge is 2.34. The monoisotopic (exact) mass is 432 g/mol. The van der Waals surface area contributed by atoms with Gasteiger partial charge in [-0.3, -0.25) is 9.58 Å². The van der Waals surface area contributed by atoms with E-state index < -0.39 is 18.0 Å². The van der Waals surface area contributed by atoms with E-state index in [0.717, 1.165) is 64.1 Å². The minimum Gasteiger partial charge on any atom is -0.474 e. The number of carbonyl (C=O) groups is 2. The van der Waals surface area contributed by atoms with Crippen molar-refractivity contribution in [2.75, 3.05) is 39.3 Å². The Labute approximate surface area is 182 Å². The second-order valence-electron chi connectivity index (χ2n) is 8.59. The molecule has 1 fully saturated rings. The van der Waals surface area contributed by atoms with Crippen molar-refractivity contribution in [1.29, 1.82) is 0 Å². The average molecular weight is 433 g/mol. The van der Waals surface area contributed by atoms with Gasteiger partial charge in [-0.25, -0.2) is 9.59 Å². The molecule has 1 aromatic rings. The van der Waals surface area contributed by atoms with Gasteiger partial charge in [-0.15, -0.1) is 5.10 Å². The molecule has 0 aromatic carbocycles. The maximum atomic E-state index is 12.1. The molecule has 4 heterocycles. The summed E-state index contributed by atoms with van der Waals surface area (Å²) < 4.78 is 18.6. The Hall–Kier alpha value is -2.39. The minimum absolute atomic E-state index is 0.277. The molecule has 1 unspecified atom stereocenters. The molecule has 0 saturated carbocycles. The van der Waals surface area contributed by atoms with Gasteiger partial charge >= 0.3 is 11.9 Å². The van der Waals surface area contributed by atoms with Crippen LogP contribution in [0.15, 0.2) is 12.2 Å². The number of piperazine rings is 1. The number of rotatable bonds is 7. The second-order valence-corrected chi connectivity index (χ2v) is 8.59. The van der Waals surface area contributed by atoms with Crippen LogP contribution >= 0.6 is 0 Å². The third kappa shape index (κ3) is 5.27. The van der Waals surface area contributed by atoms with Gasteiger partial charge in [0.05, 0.1) is 6.61 Å². The molecule has 31 heavy (non-hydrogen) atoms. The number of esters is 2. The maximum absolute atomic E-state index is 12.1. The molecule has 1 saturated heterocycles. The SMILES string of the molecule is CC(C)N1CCN(CCCCOc2nn3c4c2OC(=O)/C=C\C(=O)OC4CCC3)CC1. The van der Waals surface area contributed by atoms with Crippen molar-refractivity contribution in [3.63, 3.8) is 0 Å². The van der Waals surface area contributed by atoms with Gasteiger partial charge in [0, 0.05) is 50.9 Å². The fraction of sp³-hybridized carbons (Fsp3) is 0.682. The van der Waals surface area contributed by atoms with Crippen LogP contribution in [0.25, 0.3) is 0 Å². The molecule has 170 valence electrons. The van der Waals surface area contributed by atoms with E-state index in [9.17, 15) is 9.59 Å². The number of hydrogen-bond donors (Lipinski definition) is 0. The normalized spacial score (nSPS) is 23.4. The second kappa shape index (κ2) is 9.82. The van der Waals surface area contributed by atoms with Crippen molar-refractivity contribution in [2.45, 2.75) is 58.2 Å². The molecule has 4 rings (SSSR count). The first-order valence-electron chi connectivity index (χ1n) is 11.3. The third-order valence-electron chi connectivity index (χ3n) is 6.12. The van der Waals surface area contributed by atoms with Crippen molar-refractivity contribution in [1.82, 2.24) is 19.6 Å². The number of unbranched alkanes of at least 4 members (excludes halogenated alkanes) is 1. The van der Waals surface area contributed by atoms with Crippen molar-refractivity contribution in [2.24, 2.45) is 0 Å². The molecule has 0 aliphatic carbocycles. The number of aryl methyl sites for hydroxylation is 1. The molecular weight excluding hydrogens is 400 g/mol. The Bertz CT molecular complexity index is 826. The van der Waals surface area contributed by atoms with Gasteiger partial charge in [0.2, 0.25) is 5.75 Å². The highest BCUT2D eigenvalue weighted by molar-refractivity contribution is 5.93. The topological polar surface area (TPSA) is 86.1 Å². The van der Waals surface area contributed by atoms with Crippen LogP contribution in [0.1, 0.15) is 51.3 Å².